The number of aromatic nitrogens is 3. The fraction of sp³-hybridized carbons (Fsp3) is 0.412. The van der Waals surface area contributed by atoms with Crippen molar-refractivity contribution in [1.29, 1.82) is 0 Å². The van der Waals surface area contributed by atoms with Crippen molar-refractivity contribution >= 4 is 11.9 Å². The molecule has 1 N–H and O–H groups in total. The third-order valence-corrected chi connectivity index (χ3v) is 3.54. The number of hydrogen-bond acceptors (Lipinski definition) is 5. The lowest BCUT2D eigenvalue weighted by molar-refractivity contribution is -0.143. The van der Waals surface area contributed by atoms with Crippen molar-refractivity contribution in [3.05, 3.63) is 36.4 Å². The molecule has 2 rings (SSSR count). The second kappa shape index (κ2) is 7.72. The molecular formula is C17H22N4O3. The van der Waals surface area contributed by atoms with Gasteiger partial charge in [0.15, 0.2) is 0 Å². The molecule has 0 aliphatic heterocycles. The third-order valence-electron chi connectivity index (χ3n) is 3.54. The van der Waals surface area contributed by atoms with Crippen molar-refractivity contribution in [2.45, 2.75) is 26.3 Å². The Morgan fingerprint density at radius 2 is 2.00 bits per heavy atom. The number of carbonyl (C=O) groups excluding carboxylic acids is 2. The highest BCUT2D eigenvalue weighted by molar-refractivity contribution is 5.97. The van der Waals surface area contributed by atoms with E-state index in [9.17, 15) is 9.59 Å². The largest absolute Gasteiger partial charge is 0.467 e. The van der Waals surface area contributed by atoms with Crippen LogP contribution in [0.1, 0.15) is 30.6 Å². The van der Waals surface area contributed by atoms with Crippen LogP contribution in [0.2, 0.25) is 0 Å². The van der Waals surface area contributed by atoms with E-state index in [1.165, 1.54) is 13.3 Å². The number of nitrogens with one attached hydrogen (secondary N) is 1. The smallest absolute Gasteiger partial charge is 0.328 e. The number of hydrogen-bond donors (Lipinski definition) is 1. The molecule has 0 saturated carbocycles. The first kappa shape index (κ1) is 17.7. The summed E-state index contributed by atoms with van der Waals surface area (Å²) in [6, 6.07) is 1.05. The topological polar surface area (TPSA) is 86.1 Å². The zero-order valence-corrected chi connectivity index (χ0v) is 14.3. The Morgan fingerprint density at radius 1 is 1.25 bits per heavy atom. The zero-order valence-electron chi connectivity index (χ0n) is 14.3. The lowest BCUT2D eigenvalue weighted by Crippen LogP contribution is -2.42. The predicted octanol–water partition coefficient (Wildman–Crippen LogP) is 1.80. The van der Waals surface area contributed by atoms with Crippen LogP contribution in [-0.2, 0) is 16.6 Å². The number of methoxy groups -OCH3 is 1. The summed E-state index contributed by atoms with van der Waals surface area (Å²) in [6.07, 6.45) is 7.19. The minimum atomic E-state index is -0.676. The van der Waals surface area contributed by atoms with Crippen molar-refractivity contribution in [2.75, 3.05) is 7.11 Å². The summed E-state index contributed by atoms with van der Waals surface area (Å²) in [6.45, 7) is 3.96. The number of carbonyl (C=O) groups is 2. The molecule has 128 valence electrons. The standard InChI is InChI=1S/C17H22N4O3/c1-11(2)5-15(17(23)24-4)20-16(22)13-6-12(7-18-8-13)14-9-19-21(3)10-14/h6-11,15H,5H2,1-4H3,(H,20,22)/t15-/m0/s1. The number of ether oxygens (including phenoxy) is 1. The van der Waals surface area contributed by atoms with E-state index in [2.05, 4.69) is 15.4 Å². The van der Waals surface area contributed by atoms with Crippen molar-refractivity contribution in [1.82, 2.24) is 20.1 Å². The number of nitrogens with zero attached hydrogens (tertiary/aromatic N) is 3. The average molecular weight is 330 g/mol. The molecule has 0 spiro atoms. The summed E-state index contributed by atoms with van der Waals surface area (Å²) in [5.74, 6) is -0.563. The molecule has 0 unspecified atom stereocenters. The maximum atomic E-state index is 12.5. The van der Waals surface area contributed by atoms with E-state index in [-0.39, 0.29) is 11.8 Å². The number of pyridine rings is 1. The van der Waals surface area contributed by atoms with Crippen LogP contribution < -0.4 is 5.32 Å². The average Bonchev–Trinajstić information content (AvgIpc) is 2.99. The Balaban J connectivity index is 2.18. The van der Waals surface area contributed by atoms with Crippen LogP contribution in [0.5, 0.6) is 0 Å². The van der Waals surface area contributed by atoms with E-state index in [0.29, 0.717) is 12.0 Å². The van der Waals surface area contributed by atoms with Gasteiger partial charge in [-0.25, -0.2) is 4.79 Å². The van der Waals surface area contributed by atoms with Gasteiger partial charge < -0.3 is 10.1 Å². The van der Waals surface area contributed by atoms with E-state index in [4.69, 9.17) is 4.74 Å². The highest BCUT2D eigenvalue weighted by Gasteiger charge is 2.23. The molecule has 24 heavy (non-hydrogen) atoms. The molecule has 0 radical (unpaired) electrons. The molecule has 2 aromatic rings. The first-order valence-electron chi connectivity index (χ1n) is 7.73. The second-order valence-corrected chi connectivity index (χ2v) is 6.04. The van der Waals surface area contributed by atoms with E-state index >= 15 is 0 Å². The fourth-order valence-corrected chi connectivity index (χ4v) is 2.36. The van der Waals surface area contributed by atoms with Crippen LogP contribution in [0.15, 0.2) is 30.9 Å². The highest BCUT2D eigenvalue weighted by Crippen LogP contribution is 2.18. The third kappa shape index (κ3) is 4.41. The highest BCUT2D eigenvalue weighted by atomic mass is 16.5. The number of rotatable bonds is 6. The molecule has 7 heteroatoms. The molecule has 0 fully saturated rings. The minimum absolute atomic E-state index is 0.245. The van der Waals surface area contributed by atoms with E-state index < -0.39 is 12.0 Å². The fourth-order valence-electron chi connectivity index (χ4n) is 2.36. The van der Waals surface area contributed by atoms with Crippen molar-refractivity contribution in [3.8, 4) is 11.1 Å². The predicted molar refractivity (Wildman–Crippen MR) is 89.2 cm³/mol. The summed E-state index contributed by atoms with van der Waals surface area (Å²) < 4.78 is 6.44. The van der Waals surface area contributed by atoms with E-state index in [1.54, 1.807) is 23.1 Å². The molecule has 7 nitrogen and oxygen atoms in total. The van der Waals surface area contributed by atoms with Crippen LogP contribution in [-0.4, -0.2) is 39.8 Å². The molecule has 0 aliphatic carbocycles. The van der Waals surface area contributed by atoms with Crippen LogP contribution in [0, 0.1) is 5.92 Å². The second-order valence-electron chi connectivity index (χ2n) is 6.04. The van der Waals surface area contributed by atoms with Gasteiger partial charge in [-0.3, -0.25) is 14.5 Å². The van der Waals surface area contributed by atoms with Gasteiger partial charge in [-0.1, -0.05) is 13.8 Å². The summed E-state index contributed by atoms with van der Waals surface area (Å²) in [5.41, 5.74) is 2.04. The zero-order chi connectivity index (χ0) is 17.7. The van der Waals surface area contributed by atoms with Crippen LogP contribution in [0.4, 0.5) is 0 Å². The van der Waals surface area contributed by atoms with Crippen molar-refractivity contribution in [2.24, 2.45) is 13.0 Å². The Labute approximate surface area is 141 Å². The van der Waals surface area contributed by atoms with E-state index in [1.807, 2.05) is 27.1 Å². The van der Waals surface area contributed by atoms with Gasteiger partial charge in [-0.05, 0) is 18.4 Å². The maximum absolute atomic E-state index is 12.5. The Hall–Kier alpha value is -2.70. The van der Waals surface area contributed by atoms with Gasteiger partial charge >= 0.3 is 5.97 Å². The molecule has 0 saturated heterocycles. The number of esters is 1. The van der Waals surface area contributed by atoms with Gasteiger partial charge in [0.1, 0.15) is 6.04 Å². The van der Waals surface area contributed by atoms with Crippen molar-refractivity contribution in [3.63, 3.8) is 0 Å². The molecule has 1 amide bonds. The van der Waals surface area contributed by atoms with Crippen molar-refractivity contribution < 1.29 is 14.3 Å². The number of aryl methyl sites for hydroxylation is 1. The minimum Gasteiger partial charge on any atom is -0.467 e. The summed E-state index contributed by atoms with van der Waals surface area (Å²) in [4.78, 5) is 28.4. The van der Waals surface area contributed by atoms with Gasteiger partial charge in [0, 0.05) is 36.8 Å². The summed E-state index contributed by atoms with van der Waals surface area (Å²) in [7, 11) is 3.13. The number of amides is 1. The monoisotopic (exact) mass is 330 g/mol. The molecule has 1 atom stereocenters. The van der Waals surface area contributed by atoms with Gasteiger partial charge in [0.25, 0.3) is 5.91 Å². The summed E-state index contributed by atoms with van der Waals surface area (Å²) >= 11 is 0. The van der Waals surface area contributed by atoms with Gasteiger partial charge in [0.05, 0.1) is 18.9 Å². The lowest BCUT2D eigenvalue weighted by Gasteiger charge is -2.18. The summed E-state index contributed by atoms with van der Waals surface area (Å²) in [5, 5.41) is 6.83. The molecule has 0 aliphatic rings. The maximum Gasteiger partial charge on any atom is 0.328 e. The van der Waals surface area contributed by atoms with Gasteiger partial charge in [-0.2, -0.15) is 5.10 Å². The lowest BCUT2D eigenvalue weighted by atomic mass is 10.0. The first-order valence-corrected chi connectivity index (χ1v) is 7.73. The molecule has 0 aromatic carbocycles. The van der Waals surface area contributed by atoms with Crippen LogP contribution in [0.3, 0.4) is 0 Å². The van der Waals surface area contributed by atoms with E-state index in [0.717, 1.165) is 11.1 Å². The molecule has 0 bridgehead atoms. The Bertz CT molecular complexity index is 724. The first-order chi connectivity index (χ1) is 11.4. The normalized spacial score (nSPS) is 12.0. The van der Waals surface area contributed by atoms with Gasteiger partial charge in [0.2, 0.25) is 0 Å². The molecule has 2 aromatic heterocycles. The molecule has 2 heterocycles. The van der Waals surface area contributed by atoms with Gasteiger partial charge in [-0.15, -0.1) is 0 Å². The Kier molecular flexibility index (Phi) is 5.68. The Morgan fingerprint density at radius 3 is 2.58 bits per heavy atom. The SMILES string of the molecule is COC(=O)[C@H](CC(C)C)NC(=O)c1cncc(-c2cnn(C)c2)c1. The molecular weight excluding hydrogens is 308 g/mol. The van der Waals surface area contributed by atoms with Crippen LogP contribution >= 0.6 is 0 Å². The quantitative estimate of drug-likeness (QED) is 0.816. The van der Waals surface area contributed by atoms with Crippen LogP contribution in [0.25, 0.3) is 11.1 Å².